The van der Waals surface area contributed by atoms with E-state index >= 15 is 0 Å². The molecule has 1 unspecified atom stereocenters. The summed E-state index contributed by atoms with van der Waals surface area (Å²) >= 11 is 0. The van der Waals surface area contributed by atoms with Gasteiger partial charge in [0.05, 0.1) is 0 Å². The van der Waals surface area contributed by atoms with E-state index in [0.717, 1.165) is 5.56 Å². The third kappa shape index (κ3) is 13.3. The second-order valence-electron chi connectivity index (χ2n) is 3.26. The first-order chi connectivity index (χ1) is 8.09. The van der Waals surface area contributed by atoms with Crippen molar-refractivity contribution in [1.29, 1.82) is 0 Å². The van der Waals surface area contributed by atoms with E-state index in [1.54, 1.807) is 12.1 Å². The predicted molar refractivity (Wildman–Crippen MR) is 55.0 cm³/mol. The predicted octanol–water partition coefficient (Wildman–Crippen LogP) is -2.48. The number of hydrogen-bond donors (Lipinski definition) is 3. The van der Waals surface area contributed by atoms with Gasteiger partial charge >= 0.3 is 5.97 Å². The molecule has 0 aliphatic carbocycles. The number of rotatable bonds is 3. The fourth-order valence-corrected chi connectivity index (χ4v) is 0.973. The van der Waals surface area contributed by atoms with Gasteiger partial charge in [-0.3, -0.25) is 4.79 Å². The summed E-state index contributed by atoms with van der Waals surface area (Å²) in [6, 6.07) is 5.42. The van der Waals surface area contributed by atoms with Crippen LogP contribution in [0.4, 0.5) is 0 Å². The number of benzene rings is 1. The maximum Gasteiger partial charge on any atom is 0.320 e. The van der Waals surface area contributed by atoms with E-state index in [0.29, 0.717) is 0 Å². The van der Waals surface area contributed by atoms with Gasteiger partial charge in [0.25, 0.3) is 0 Å². The Morgan fingerprint density at radius 2 is 1.63 bits per heavy atom. The average Bonchev–Trinajstić information content (AvgIpc) is 2.18. The molecule has 0 aliphatic rings. The summed E-state index contributed by atoms with van der Waals surface area (Å²) in [4.78, 5) is 36.0. The van der Waals surface area contributed by atoms with E-state index in [1.807, 2.05) is 0 Å². The molecule has 1 rings (SSSR count). The van der Waals surface area contributed by atoms with E-state index in [4.69, 9.17) is 35.2 Å². The minimum Gasteiger partial charge on any atom is -0.822 e. The van der Waals surface area contributed by atoms with Crippen LogP contribution in [-0.2, 0) is 32.8 Å². The van der Waals surface area contributed by atoms with Gasteiger partial charge in [-0.2, -0.15) is 7.82 Å². The Bertz CT molecular complexity index is 424. The standard InChI is InChI=1S/C9H11NO3.Cu.H3O4P/c10-8(9(12)13)5-6-1-3-7(11)4-2-6;;1-5(2,3)4/h1-4,8,11H,5,10H2,(H,12,13);;(H3,1,2,3,4)/p-3. The minimum atomic E-state index is -5.39. The molecule has 1 radical (unpaired) electrons. The molecule has 0 heterocycles. The molecule has 0 saturated heterocycles. The van der Waals surface area contributed by atoms with Gasteiger partial charge in [0.1, 0.15) is 11.8 Å². The molecule has 0 bridgehead atoms. The molecule has 0 amide bonds. The van der Waals surface area contributed by atoms with Crippen LogP contribution in [0, 0.1) is 0 Å². The topological polar surface area (TPSA) is 170 Å². The molecule has 19 heavy (non-hydrogen) atoms. The molecule has 1 aromatic rings. The van der Waals surface area contributed by atoms with E-state index in [2.05, 4.69) is 0 Å². The number of carboxylic acid groups (broad SMARTS) is 1. The molecule has 0 aliphatic heterocycles. The van der Waals surface area contributed by atoms with Gasteiger partial charge in [0, 0.05) is 17.1 Å². The maximum absolute atomic E-state index is 10.4. The Hall–Kier alpha value is -0.921. The number of aromatic hydroxyl groups is 1. The first-order valence-electron chi connectivity index (χ1n) is 4.59. The molecule has 4 N–H and O–H groups in total. The third-order valence-electron chi connectivity index (χ3n) is 1.71. The Morgan fingerprint density at radius 1 is 1.26 bits per heavy atom. The zero-order valence-electron chi connectivity index (χ0n) is 9.36. The average molecular weight is 340 g/mol. The van der Waals surface area contributed by atoms with Crippen molar-refractivity contribution in [2.45, 2.75) is 12.5 Å². The van der Waals surface area contributed by atoms with E-state index in [-0.39, 0.29) is 29.2 Å². The SMILES string of the molecule is NC(Cc1ccc(O)cc1)C(=O)O.O=P([O-])([O-])[O-].[Cu]. The van der Waals surface area contributed by atoms with Gasteiger partial charge in [-0.15, -0.1) is 0 Å². The summed E-state index contributed by atoms with van der Waals surface area (Å²) in [7, 11) is -5.39. The molecule has 0 fully saturated rings. The van der Waals surface area contributed by atoms with Crippen LogP contribution in [-0.4, -0.2) is 22.2 Å². The maximum atomic E-state index is 10.4. The van der Waals surface area contributed by atoms with Crippen LogP contribution < -0.4 is 20.4 Å². The summed E-state index contributed by atoms with van der Waals surface area (Å²) in [5.41, 5.74) is 6.12. The largest absolute Gasteiger partial charge is 0.822 e. The fourth-order valence-electron chi connectivity index (χ4n) is 0.973. The monoisotopic (exact) mass is 339 g/mol. The van der Waals surface area contributed by atoms with Gasteiger partial charge in [0.15, 0.2) is 0 Å². The van der Waals surface area contributed by atoms with Crippen LogP contribution in [0.2, 0.25) is 0 Å². The van der Waals surface area contributed by atoms with Gasteiger partial charge in [-0.05, 0) is 24.1 Å². The van der Waals surface area contributed by atoms with Crippen molar-refractivity contribution in [3.05, 3.63) is 29.8 Å². The quantitative estimate of drug-likeness (QED) is 0.401. The van der Waals surface area contributed by atoms with Crippen LogP contribution in [0.3, 0.4) is 0 Å². The summed E-state index contributed by atoms with van der Waals surface area (Å²) < 4.78 is 8.55. The zero-order valence-corrected chi connectivity index (χ0v) is 11.2. The molecule has 1 atom stereocenters. The van der Waals surface area contributed by atoms with Crippen LogP contribution in [0.1, 0.15) is 5.56 Å². The van der Waals surface area contributed by atoms with Crippen molar-refractivity contribution >= 4 is 13.8 Å². The Morgan fingerprint density at radius 3 is 1.95 bits per heavy atom. The minimum absolute atomic E-state index is 0. The number of phenols is 1. The van der Waals surface area contributed by atoms with E-state index < -0.39 is 19.8 Å². The fraction of sp³-hybridized carbons (Fsp3) is 0.222. The first kappa shape index (κ1) is 20.4. The van der Waals surface area contributed by atoms with Crippen molar-refractivity contribution in [2.24, 2.45) is 5.73 Å². The second-order valence-corrected chi connectivity index (χ2v) is 4.16. The van der Waals surface area contributed by atoms with Gasteiger partial charge in [-0.25, -0.2) is 0 Å². The Kier molecular flexibility index (Phi) is 9.72. The Labute approximate surface area is 119 Å². The number of carboxylic acids is 1. The first-order valence-corrected chi connectivity index (χ1v) is 6.05. The number of hydrogen-bond acceptors (Lipinski definition) is 7. The summed E-state index contributed by atoms with van der Waals surface area (Å²) in [6.07, 6.45) is 0.273. The summed E-state index contributed by atoms with van der Waals surface area (Å²) in [5.74, 6) is -0.860. The molecule has 0 saturated carbocycles. The molecule has 8 nitrogen and oxygen atoms in total. The summed E-state index contributed by atoms with van der Waals surface area (Å²) in [6.45, 7) is 0. The van der Waals surface area contributed by atoms with Gasteiger partial charge < -0.3 is 35.2 Å². The summed E-state index contributed by atoms with van der Waals surface area (Å²) in [5, 5.41) is 17.5. The normalized spacial score (nSPS) is 11.6. The second kappa shape index (κ2) is 9.06. The molecule has 0 aromatic heterocycles. The molecule has 0 spiro atoms. The third-order valence-corrected chi connectivity index (χ3v) is 1.71. The van der Waals surface area contributed by atoms with Crippen molar-refractivity contribution in [2.75, 3.05) is 0 Å². The zero-order chi connectivity index (χ0) is 14.3. The van der Waals surface area contributed by atoms with E-state index in [1.165, 1.54) is 12.1 Å². The Balaban J connectivity index is 0. The number of phosphoric acid groups is 1. The van der Waals surface area contributed by atoms with Crippen LogP contribution >= 0.6 is 7.82 Å². The van der Waals surface area contributed by atoms with Crippen molar-refractivity contribution in [3.8, 4) is 5.75 Å². The number of carbonyl (C=O) groups is 1. The molecule has 1 aromatic carbocycles. The molecular formula is C9H11CuNO7P-3. The molecule has 10 heteroatoms. The molecule has 113 valence electrons. The van der Waals surface area contributed by atoms with Gasteiger partial charge in [-0.1, -0.05) is 12.1 Å². The van der Waals surface area contributed by atoms with Crippen LogP contribution in [0.15, 0.2) is 24.3 Å². The van der Waals surface area contributed by atoms with Crippen molar-refractivity contribution in [1.82, 2.24) is 0 Å². The van der Waals surface area contributed by atoms with Crippen molar-refractivity contribution < 1.29 is 51.3 Å². The number of phenolic OH excluding ortho intramolecular Hbond substituents is 1. The van der Waals surface area contributed by atoms with Crippen LogP contribution in [0.25, 0.3) is 0 Å². The van der Waals surface area contributed by atoms with E-state index in [9.17, 15) is 4.79 Å². The van der Waals surface area contributed by atoms with Crippen molar-refractivity contribution in [3.63, 3.8) is 0 Å². The number of aliphatic carboxylic acids is 1. The van der Waals surface area contributed by atoms with Crippen LogP contribution in [0.5, 0.6) is 5.75 Å². The van der Waals surface area contributed by atoms with Gasteiger partial charge in [0.2, 0.25) is 0 Å². The smallest absolute Gasteiger partial charge is 0.320 e. The molecular weight excluding hydrogens is 329 g/mol. The number of nitrogens with two attached hydrogens (primary N) is 1.